The number of nitrogens with one attached hydrogen (secondary N) is 1. The molecule has 98 valence electrons. The second-order valence-electron chi connectivity index (χ2n) is 5.45. The monoisotopic (exact) mass is 240 g/mol. The lowest BCUT2D eigenvalue weighted by molar-refractivity contribution is -0.131. The van der Waals surface area contributed by atoms with Gasteiger partial charge in [-0.15, -0.1) is 0 Å². The van der Waals surface area contributed by atoms with Crippen LogP contribution in [0, 0.1) is 0 Å². The summed E-state index contributed by atoms with van der Waals surface area (Å²) >= 11 is 0. The maximum Gasteiger partial charge on any atom is 0.236 e. The topological polar surface area (TPSA) is 41.6 Å². The van der Waals surface area contributed by atoms with Gasteiger partial charge in [0.05, 0.1) is 12.1 Å². The third kappa shape index (κ3) is 3.68. The lowest BCUT2D eigenvalue weighted by atomic mass is 10.0. The Bertz CT molecular complexity index is 256. The smallest absolute Gasteiger partial charge is 0.236 e. The zero-order valence-corrected chi connectivity index (χ0v) is 10.8. The fourth-order valence-corrected chi connectivity index (χ4v) is 2.67. The van der Waals surface area contributed by atoms with Crippen molar-refractivity contribution < 1.29 is 9.53 Å². The number of carbonyl (C=O) groups excluding carboxylic acids is 1. The fraction of sp³-hybridized carbons (Fsp3) is 0.923. The van der Waals surface area contributed by atoms with Crippen LogP contribution in [0.5, 0.6) is 0 Å². The minimum Gasteiger partial charge on any atom is -0.374 e. The highest BCUT2D eigenvalue weighted by Gasteiger charge is 2.29. The molecule has 17 heavy (non-hydrogen) atoms. The maximum absolute atomic E-state index is 11.9. The molecular weight excluding hydrogens is 216 g/mol. The molecule has 0 spiro atoms. The minimum absolute atomic E-state index is 0.0534. The summed E-state index contributed by atoms with van der Waals surface area (Å²) < 4.78 is 5.68. The lowest BCUT2D eigenvalue weighted by Crippen LogP contribution is -2.45. The van der Waals surface area contributed by atoms with E-state index >= 15 is 0 Å². The van der Waals surface area contributed by atoms with Crippen molar-refractivity contribution in [2.24, 2.45) is 0 Å². The van der Waals surface area contributed by atoms with Crippen molar-refractivity contribution >= 4 is 5.91 Å². The van der Waals surface area contributed by atoms with Gasteiger partial charge in [0.1, 0.15) is 0 Å². The second kappa shape index (κ2) is 5.83. The summed E-state index contributed by atoms with van der Waals surface area (Å²) in [4.78, 5) is 13.9. The van der Waals surface area contributed by atoms with E-state index in [9.17, 15) is 4.79 Å². The van der Waals surface area contributed by atoms with Gasteiger partial charge >= 0.3 is 0 Å². The normalized spacial score (nSPS) is 29.6. The predicted octanol–water partition coefficient (Wildman–Crippen LogP) is 1.16. The molecule has 1 unspecified atom stereocenters. The number of rotatable bonds is 4. The van der Waals surface area contributed by atoms with Crippen molar-refractivity contribution in [1.29, 1.82) is 0 Å². The van der Waals surface area contributed by atoms with E-state index in [0.29, 0.717) is 6.54 Å². The molecule has 0 aromatic heterocycles. The van der Waals surface area contributed by atoms with Crippen LogP contribution in [0.2, 0.25) is 0 Å². The van der Waals surface area contributed by atoms with Crippen LogP contribution in [-0.2, 0) is 9.53 Å². The molecule has 0 saturated carbocycles. The standard InChI is InChI=1S/C13H24N2O2/c1-13(6-5-9-17-13)11-14-10-12(16)15-7-3-2-4-8-15/h14H,2-11H2,1H3. The summed E-state index contributed by atoms with van der Waals surface area (Å²) in [6, 6.07) is 0. The molecule has 2 aliphatic heterocycles. The Morgan fingerprint density at radius 2 is 2.06 bits per heavy atom. The molecule has 0 radical (unpaired) electrons. The Morgan fingerprint density at radius 3 is 2.71 bits per heavy atom. The Balaban J connectivity index is 1.65. The molecule has 1 atom stereocenters. The van der Waals surface area contributed by atoms with E-state index in [0.717, 1.165) is 51.9 Å². The van der Waals surface area contributed by atoms with Crippen molar-refractivity contribution in [2.45, 2.75) is 44.6 Å². The quantitative estimate of drug-likeness (QED) is 0.801. The highest BCUT2D eigenvalue weighted by molar-refractivity contribution is 5.78. The van der Waals surface area contributed by atoms with Crippen molar-refractivity contribution in [2.75, 3.05) is 32.8 Å². The summed E-state index contributed by atoms with van der Waals surface area (Å²) in [5, 5.41) is 3.25. The van der Waals surface area contributed by atoms with Crippen molar-refractivity contribution in [1.82, 2.24) is 10.2 Å². The van der Waals surface area contributed by atoms with Crippen LogP contribution in [0.15, 0.2) is 0 Å². The summed E-state index contributed by atoms with van der Waals surface area (Å²) in [5.41, 5.74) is -0.0534. The highest BCUT2D eigenvalue weighted by Crippen LogP contribution is 2.23. The Morgan fingerprint density at radius 1 is 1.29 bits per heavy atom. The van der Waals surface area contributed by atoms with E-state index in [-0.39, 0.29) is 11.5 Å². The van der Waals surface area contributed by atoms with Crippen LogP contribution in [0.4, 0.5) is 0 Å². The third-order valence-corrected chi connectivity index (χ3v) is 3.78. The van der Waals surface area contributed by atoms with Gasteiger partial charge in [0.15, 0.2) is 0 Å². The highest BCUT2D eigenvalue weighted by atomic mass is 16.5. The molecule has 4 heteroatoms. The first-order chi connectivity index (χ1) is 8.20. The molecule has 2 aliphatic rings. The van der Waals surface area contributed by atoms with E-state index in [1.54, 1.807) is 0 Å². The number of likely N-dealkylation sites (tertiary alicyclic amines) is 1. The van der Waals surface area contributed by atoms with Crippen LogP contribution in [0.25, 0.3) is 0 Å². The number of amides is 1. The molecule has 2 fully saturated rings. The number of hydrogen-bond donors (Lipinski definition) is 1. The van der Waals surface area contributed by atoms with Crippen LogP contribution >= 0.6 is 0 Å². The van der Waals surface area contributed by atoms with Gasteiger partial charge in [0.25, 0.3) is 0 Å². The molecule has 2 heterocycles. The number of hydrogen-bond acceptors (Lipinski definition) is 3. The van der Waals surface area contributed by atoms with Gasteiger partial charge in [-0.3, -0.25) is 4.79 Å². The molecule has 0 aliphatic carbocycles. The zero-order valence-electron chi connectivity index (χ0n) is 10.8. The van der Waals surface area contributed by atoms with Gasteiger partial charge < -0.3 is 15.0 Å². The molecule has 4 nitrogen and oxygen atoms in total. The maximum atomic E-state index is 11.9. The first-order valence-corrected chi connectivity index (χ1v) is 6.82. The van der Waals surface area contributed by atoms with E-state index in [4.69, 9.17) is 4.74 Å². The molecule has 0 bridgehead atoms. The minimum atomic E-state index is -0.0534. The molecule has 1 N–H and O–H groups in total. The third-order valence-electron chi connectivity index (χ3n) is 3.78. The first-order valence-electron chi connectivity index (χ1n) is 6.82. The van der Waals surface area contributed by atoms with E-state index in [1.807, 2.05) is 4.90 Å². The van der Waals surface area contributed by atoms with Gasteiger partial charge in [0, 0.05) is 26.2 Å². The zero-order chi connectivity index (χ0) is 12.1. The van der Waals surface area contributed by atoms with Gasteiger partial charge in [-0.05, 0) is 39.0 Å². The summed E-state index contributed by atoms with van der Waals surface area (Å²) in [6.45, 7) is 6.10. The van der Waals surface area contributed by atoms with Gasteiger partial charge in [0.2, 0.25) is 5.91 Å². The summed E-state index contributed by atoms with van der Waals surface area (Å²) in [5.74, 6) is 0.242. The molecule has 0 aromatic rings. The Hall–Kier alpha value is -0.610. The van der Waals surface area contributed by atoms with Crippen molar-refractivity contribution in [3.63, 3.8) is 0 Å². The second-order valence-corrected chi connectivity index (χ2v) is 5.45. The summed E-state index contributed by atoms with van der Waals surface area (Å²) in [6.07, 6.45) is 5.82. The molecule has 1 amide bonds. The van der Waals surface area contributed by atoms with Gasteiger partial charge in [-0.2, -0.15) is 0 Å². The summed E-state index contributed by atoms with van der Waals surface area (Å²) in [7, 11) is 0. The van der Waals surface area contributed by atoms with E-state index in [1.165, 1.54) is 6.42 Å². The number of nitrogens with zero attached hydrogens (tertiary/aromatic N) is 1. The average molecular weight is 240 g/mol. The number of carbonyl (C=O) groups is 1. The lowest BCUT2D eigenvalue weighted by Gasteiger charge is -2.28. The van der Waals surface area contributed by atoms with Crippen molar-refractivity contribution in [3.05, 3.63) is 0 Å². The van der Waals surface area contributed by atoms with Crippen molar-refractivity contribution in [3.8, 4) is 0 Å². The van der Waals surface area contributed by atoms with E-state index in [2.05, 4.69) is 12.2 Å². The molecule has 0 aromatic carbocycles. The first kappa shape index (κ1) is 12.8. The number of ether oxygens (including phenoxy) is 1. The Kier molecular flexibility index (Phi) is 4.40. The van der Waals surface area contributed by atoms with Crippen LogP contribution in [0.1, 0.15) is 39.0 Å². The van der Waals surface area contributed by atoms with Crippen LogP contribution in [0.3, 0.4) is 0 Å². The molecular formula is C13H24N2O2. The van der Waals surface area contributed by atoms with Crippen LogP contribution in [-0.4, -0.2) is 49.2 Å². The van der Waals surface area contributed by atoms with E-state index < -0.39 is 0 Å². The average Bonchev–Trinajstić information content (AvgIpc) is 2.77. The van der Waals surface area contributed by atoms with Gasteiger partial charge in [-0.1, -0.05) is 0 Å². The largest absolute Gasteiger partial charge is 0.374 e. The van der Waals surface area contributed by atoms with Gasteiger partial charge in [-0.25, -0.2) is 0 Å². The number of piperidine rings is 1. The Labute approximate surface area is 104 Å². The van der Waals surface area contributed by atoms with Crippen LogP contribution < -0.4 is 5.32 Å². The fourth-order valence-electron chi connectivity index (χ4n) is 2.67. The molecule has 2 rings (SSSR count). The predicted molar refractivity (Wildman–Crippen MR) is 66.9 cm³/mol. The SMILES string of the molecule is CC1(CNCC(=O)N2CCCCC2)CCCO1. The molecule has 2 saturated heterocycles.